The number of hydrogen-bond donors (Lipinski definition) is 2. The lowest BCUT2D eigenvalue weighted by Gasteiger charge is -2.10. The first-order chi connectivity index (χ1) is 14.0. The van der Waals surface area contributed by atoms with Gasteiger partial charge in [0.15, 0.2) is 11.5 Å². The van der Waals surface area contributed by atoms with Crippen LogP contribution in [0.1, 0.15) is 16.1 Å². The minimum Gasteiger partial charge on any atom is -0.493 e. The Morgan fingerprint density at radius 3 is 2.66 bits per heavy atom. The molecule has 0 bridgehead atoms. The lowest BCUT2D eigenvalue weighted by molar-refractivity contribution is 0.0468. The maximum atomic E-state index is 12.3. The molecule has 3 rings (SSSR count). The first kappa shape index (κ1) is 20.2. The molecule has 9 heteroatoms. The molecule has 0 aliphatic rings. The minimum atomic E-state index is -0.710. The van der Waals surface area contributed by atoms with Crippen LogP contribution in [0.4, 0.5) is 10.5 Å². The van der Waals surface area contributed by atoms with Gasteiger partial charge in [-0.1, -0.05) is 12.1 Å². The van der Waals surface area contributed by atoms with Gasteiger partial charge in [-0.2, -0.15) is 0 Å². The lowest BCUT2D eigenvalue weighted by Crippen LogP contribution is -2.19. The van der Waals surface area contributed by atoms with Gasteiger partial charge in [0.1, 0.15) is 11.6 Å². The zero-order valence-corrected chi connectivity index (χ0v) is 16.6. The number of carbonyl (C=O) groups is 2. The molecule has 2 amide bonds. The highest BCUT2D eigenvalue weighted by molar-refractivity contribution is 7.13. The Bertz CT molecular complexity index is 1030. The van der Waals surface area contributed by atoms with Crippen molar-refractivity contribution in [1.29, 1.82) is 0 Å². The van der Waals surface area contributed by atoms with Crippen molar-refractivity contribution in [3.63, 3.8) is 0 Å². The number of carbonyl (C=O) groups excluding carboxylic acids is 2. The fraction of sp³-hybridized carbons (Fsp3) is 0.150. The van der Waals surface area contributed by atoms with Crippen molar-refractivity contribution in [2.75, 3.05) is 19.5 Å². The number of amides is 2. The Labute approximate surface area is 171 Å². The number of primary amides is 1. The van der Waals surface area contributed by atoms with Crippen LogP contribution in [0, 0.1) is 0 Å². The van der Waals surface area contributed by atoms with Gasteiger partial charge in [0.2, 0.25) is 0 Å². The summed E-state index contributed by atoms with van der Waals surface area (Å²) in [6.07, 6.45) is 0. The van der Waals surface area contributed by atoms with E-state index in [1.165, 1.54) is 17.4 Å². The van der Waals surface area contributed by atoms with Crippen LogP contribution in [-0.2, 0) is 11.3 Å². The van der Waals surface area contributed by atoms with Crippen molar-refractivity contribution in [1.82, 2.24) is 4.98 Å². The number of methoxy groups -OCH3 is 2. The Morgan fingerprint density at radius 2 is 1.93 bits per heavy atom. The van der Waals surface area contributed by atoms with Crippen LogP contribution in [0.15, 0.2) is 47.8 Å². The first-order valence-corrected chi connectivity index (χ1v) is 9.39. The average molecular weight is 413 g/mol. The molecule has 29 heavy (non-hydrogen) atoms. The third kappa shape index (κ3) is 4.82. The fourth-order valence-corrected chi connectivity index (χ4v) is 3.47. The number of para-hydroxylation sites is 1. The van der Waals surface area contributed by atoms with E-state index in [4.69, 9.17) is 19.9 Å². The summed E-state index contributed by atoms with van der Waals surface area (Å²) in [6.45, 7) is 0.00902. The maximum absolute atomic E-state index is 12.3. The Hall–Kier alpha value is -3.59. The second kappa shape index (κ2) is 9.07. The van der Waals surface area contributed by atoms with E-state index >= 15 is 0 Å². The third-order valence-electron chi connectivity index (χ3n) is 3.90. The largest absolute Gasteiger partial charge is 0.493 e. The van der Waals surface area contributed by atoms with E-state index in [0.29, 0.717) is 28.4 Å². The molecule has 0 unspecified atom stereocenters. The standard InChI is InChI=1S/C20H19N3O5S/c1-26-16-8-4-7-15(17(16)27-2)18-22-14(11-29-18)10-28-19(24)12-5-3-6-13(9-12)23-20(21)25/h3-9,11H,10H2,1-2H3,(H3,21,23,25). The van der Waals surface area contributed by atoms with Crippen LogP contribution in [0.5, 0.6) is 11.5 Å². The van der Waals surface area contributed by atoms with Gasteiger partial charge >= 0.3 is 12.0 Å². The van der Waals surface area contributed by atoms with Crippen LogP contribution in [-0.4, -0.2) is 31.2 Å². The molecule has 0 spiro atoms. The SMILES string of the molecule is COc1cccc(-c2nc(COC(=O)c3cccc(NC(N)=O)c3)cs2)c1OC. The lowest BCUT2D eigenvalue weighted by atomic mass is 10.2. The van der Waals surface area contributed by atoms with E-state index < -0.39 is 12.0 Å². The van der Waals surface area contributed by atoms with Crippen molar-refractivity contribution in [3.05, 3.63) is 59.1 Å². The number of nitrogens with zero attached hydrogens (tertiary/aromatic N) is 1. The number of anilines is 1. The smallest absolute Gasteiger partial charge is 0.338 e. The van der Waals surface area contributed by atoms with Gasteiger partial charge < -0.3 is 25.3 Å². The molecular formula is C20H19N3O5S. The van der Waals surface area contributed by atoms with E-state index in [1.54, 1.807) is 38.5 Å². The number of hydrogen-bond acceptors (Lipinski definition) is 7. The summed E-state index contributed by atoms with van der Waals surface area (Å²) in [6, 6.07) is 11.1. The molecule has 1 aromatic heterocycles. The number of benzene rings is 2. The van der Waals surface area contributed by atoms with Crippen LogP contribution < -0.4 is 20.5 Å². The molecular weight excluding hydrogens is 394 g/mol. The summed E-state index contributed by atoms with van der Waals surface area (Å²) in [5.41, 5.74) is 7.18. The second-order valence-electron chi connectivity index (χ2n) is 5.83. The molecule has 0 fully saturated rings. The summed E-state index contributed by atoms with van der Waals surface area (Å²) in [7, 11) is 3.14. The topological polar surface area (TPSA) is 113 Å². The summed E-state index contributed by atoms with van der Waals surface area (Å²) in [4.78, 5) is 27.7. The number of nitrogens with two attached hydrogens (primary N) is 1. The summed E-state index contributed by atoms with van der Waals surface area (Å²) < 4.78 is 16.1. The molecule has 0 saturated heterocycles. The van der Waals surface area contributed by atoms with Crippen molar-refractivity contribution in [3.8, 4) is 22.1 Å². The number of esters is 1. The summed E-state index contributed by atoms with van der Waals surface area (Å²) in [5, 5.41) is 4.95. The molecule has 0 aliphatic heterocycles. The van der Waals surface area contributed by atoms with Crippen molar-refractivity contribution in [2.24, 2.45) is 5.73 Å². The minimum absolute atomic E-state index is 0.00902. The average Bonchev–Trinajstić information content (AvgIpc) is 3.19. The summed E-state index contributed by atoms with van der Waals surface area (Å²) in [5.74, 6) is 0.663. The van der Waals surface area contributed by atoms with Crippen LogP contribution in [0.2, 0.25) is 0 Å². The van der Waals surface area contributed by atoms with Gasteiger partial charge in [0.05, 0.1) is 31.0 Å². The van der Waals surface area contributed by atoms with Crippen molar-refractivity contribution in [2.45, 2.75) is 6.61 Å². The second-order valence-corrected chi connectivity index (χ2v) is 6.69. The monoisotopic (exact) mass is 413 g/mol. The molecule has 0 radical (unpaired) electrons. The highest BCUT2D eigenvalue weighted by atomic mass is 32.1. The molecule has 0 aliphatic carbocycles. The van der Waals surface area contributed by atoms with Crippen LogP contribution >= 0.6 is 11.3 Å². The molecule has 1 heterocycles. The van der Waals surface area contributed by atoms with Gasteiger partial charge in [-0.25, -0.2) is 14.6 Å². The van der Waals surface area contributed by atoms with Crippen molar-refractivity contribution >= 4 is 29.0 Å². The number of nitrogens with one attached hydrogen (secondary N) is 1. The molecule has 0 saturated carbocycles. The molecule has 2 aromatic carbocycles. The predicted octanol–water partition coefficient (Wildman–Crippen LogP) is 3.67. The first-order valence-electron chi connectivity index (χ1n) is 8.51. The van der Waals surface area contributed by atoms with Gasteiger partial charge in [-0.05, 0) is 30.3 Å². The normalized spacial score (nSPS) is 10.3. The maximum Gasteiger partial charge on any atom is 0.338 e. The van der Waals surface area contributed by atoms with Crippen LogP contribution in [0.3, 0.4) is 0 Å². The van der Waals surface area contributed by atoms with E-state index in [2.05, 4.69) is 10.3 Å². The van der Waals surface area contributed by atoms with Gasteiger partial charge in [-0.15, -0.1) is 11.3 Å². The molecule has 8 nitrogen and oxygen atoms in total. The summed E-state index contributed by atoms with van der Waals surface area (Å²) >= 11 is 1.41. The molecule has 0 atom stereocenters. The van der Waals surface area contributed by atoms with E-state index in [9.17, 15) is 9.59 Å². The highest BCUT2D eigenvalue weighted by Gasteiger charge is 2.15. The number of aromatic nitrogens is 1. The Kier molecular flexibility index (Phi) is 6.30. The van der Waals surface area contributed by atoms with E-state index in [1.807, 2.05) is 17.5 Å². The van der Waals surface area contributed by atoms with E-state index in [0.717, 1.165) is 10.6 Å². The number of urea groups is 1. The Balaban J connectivity index is 1.70. The predicted molar refractivity (Wildman–Crippen MR) is 109 cm³/mol. The van der Waals surface area contributed by atoms with Gasteiger partial charge in [0, 0.05) is 11.1 Å². The van der Waals surface area contributed by atoms with E-state index in [-0.39, 0.29) is 6.61 Å². The molecule has 3 aromatic rings. The molecule has 150 valence electrons. The quantitative estimate of drug-likeness (QED) is 0.572. The number of rotatable bonds is 7. The third-order valence-corrected chi connectivity index (χ3v) is 4.83. The van der Waals surface area contributed by atoms with Gasteiger partial charge in [-0.3, -0.25) is 0 Å². The zero-order chi connectivity index (χ0) is 20.8. The van der Waals surface area contributed by atoms with Crippen molar-refractivity contribution < 1.29 is 23.8 Å². The molecule has 3 N–H and O–H groups in total. The highest BCUT2D eigenvalue weighted by Crippen LogP contribution is 2.39. The Morgan fingerprint density at radius 1 is 1.14 bits per heavy atom. The fourth-order valence-electron chi connectivity index (χ4n) is 2.64. The van der Waals surface area contributed by atoms with Gasteiger partial charge in [0.25, 0.3) is 0 Å². The van der Waals surface area contributed by atoms with Crippen LogP contribution in [0.25, 0.3) is 10.6 Å². The number of ether oxygens (including phenoxy) is 3. The zero-order valence-electron chi connectivity index (χ0n) is 15.8. The number of thiazole rings is 1.